The number of fused-ring (bicyclic) bond motifs is 1. The molecule has 0 saturated carbocycles. The number of hydrogen-bond donors (Lipinski definition) is 0. The van der Waals surface area contributed by atoms with Gasteiger partial charge in [0.25, 0.3) is 0 Å². The van der Waals surface area contributed by atoms with Crippen molar-refractivity contribution in [1.29, 1.82) is 0 Å². The number of amides is 1. The molecule has 0 radical (unpaired) electrons. The van der Waals surface area contributed by atoms with Crippen LogP contribution in [0.2, 0.25) is 0 Å². The van der Waals surface area contributed by atoms with Crippen molar-refractivity contribution in [2.24, 2.45) is 5.92 Å². The Kier molecular flexibility index (Phi) is 3.60. The topological polar surface area (TPSA) is 32.8 Å². The number of likely N-dealkylation sites (tertiary alicyclic amines) is 1. The largest absolute Gasteiger partial charge is 0.376 e. The van der Waals surface area contributed by atoms with Crippen LogP contribution < -0.4 is 0 Å². The number of hydrogen-bond acceptors (Lipinski definition) is 4. The van der Waals surface area contributed by atoms with Crippen LogP contribution in [-0.4, -0.2) is 55.1 Å². The minimum absolute atomic E-state index is 0.00105. The summed E-state index contributed by atoms with van der Waals surface area (Å²) >= 11 is 1.73. The van der Waals surface area contributed by atoms with Crippen molar-refractivity contribution in [2.75, 3.05) is 27.2 Å². The molecule has 0 spiro atoms. The van der Waals surface area contributed by atoms with Gasteiger partial charge in [0.05, 0.1) is 12.0 Å². The Morgan fingerprint density at radius 3 is 3.11 bits per heavy atom. The second-order valence-electron chi connectivity index (χ2n) is 5.59. The van der Waals surface area contributed by atoms with Crippen molar-refractivity contribution in [3.05, 3.63) is 22.4 Å². The summed E-state index contributed by atoms with van der Waals surface area (Å²) in [4.78, 5) is 16.4. The maximum atomic E-state index is 12.3. The first kappa shape index (κ1) is 13.1. The molecule has 1 aromatic rings. The van der Waals surface area contributed by atoms with Crippen LogP contribution in [0.25, 0.3) is 0 Å². The van der Waals surface area contributed by atoms with Crippen molar-refractivity contribution in [2.45, 2.75) is 25.1 Å². The fourth-order valence-electron chi connectivity index (χ4n) is 3.22. The summed E-state index contributed by atoms with van der Waals surface area (Å²) in [6, 6.07) is 2.57. The molecular weight excluding hydrogens is 260 g/mol. The predicted octanol–water partition coefficient (Wildman–Crippen LogP) is 1.43. The van der Waals surface area contributed by atoms with Crippen molar-refractivity contribution in [3.8, 4) is 0 Å². The lowest BCUT2D eigenvalue weighted by molar-refractivity contribution is -0.135. The highest BCUT2D eigenvalue weighted by Crippen LogP contribution is 2.35. The Morgan fingerprint density at radius 2 is 2.42 bits per heavy atom. The van der Waals surface area contributed by atoms with Gasteiger partial charge in [0, 0.05) is 39.8 Å². The van der Waals surface area contributed by atoms with Gasteiger partial charge < -0.3 is 9.64 Å². The first-order chi connectivity index (χ1) is 9.16. The van der Waals surface area contributed by atoms with Crippen molar-refractivity contribution in [1.82, 2.24) is 9.80 Å². The molecule has 3 atom stereocenters. The van der Waals surface area contributed by atoms with Crippen LogP contribution in [0, 0.1) is 5.92 Å². The lowest BCUT2D eigenvalue weighted by atomic mass is 10.0. The summed E-state index contributed by atoms with van der Waals surface area (Å²) in [6.45, 7) is 2.54. The molecule has 4 nitrogen and oxygen atoms in total. The van der Waals surface area contributed by atoms with Gasteiger partial charge in [-0.15, -0.1) is 0 Å². The highest BCUT2D eigenvalue weighted by molar-refractivity contribution is 7.07. The van der Waals surface area contributed by atoms with E-state index in [9.17, 15) is 4.79 Å². The Labute approximate surface area is 118 Å². The van der Waals surface area contributed by atoms with Gasteiger partial charge in [0.2, 0.25) is 5.91 Å². The van der Waals surface area contributed by atoms with Gasteiger partial charge in [-0.25, -0.2) is 0 Å². The van der Waals surface area contributed by atoms with E-state index in [0.29, 0.717) is 6.04 Å². The maximum absolute atomic E-state index is 12.3. The van der Waals surface area contributed by atoms with Crippen molar-refractivity contribution >= 4 is 17.2 Å². The Morgan fingerprint density at radius 1 is 1.58 bits per heavy atom. The van der Waals surface area contributed by atoms with E-state index in [1.165, 1.54) is 5.56 Å². The molecule has 0 N–H and O–H groups in total. The monoisotopic (exact) mass is 280 g/mol. The zero-order valence-electron chi connectivity index (χ0n) is 11.4. The quantitative estimate of drug-likeness (QED) is 0.839. The second-order valence-corrected chi connectivity index (χ2v) is 6.37. The molecule has 1 aromatic heterocycles. The molecule has 104 valence electrons. The number of nitrogens with zero attached hydrogens (tertiary/aromatic N) is 2. The molecule has 5 heteroatoms. The molecule has 3 heterocycles. The standard InChI is InChI=1S/C14H20N2O2S/c1-15(2)14(17)11-8-16(7-10-4-6-19-9-10)12-3-5-18-13(11)12/h4,6,9,11-13H,3,5,7-8H2,1-2H3/t11-,12+,13+/m0/s1. The fourth-order valence-corrected chi connectivity index (χ4v) is 3.88. The third-order valence-corrected chi connectivity index (χ3v) is 4.86. The first-order valence-corrected chi connectivity index (χ1v) is 7.69. The average Bonchev–Trinajstić information content (AvgIpc) is 3.07. The molecule has 0 aromatic carbocycles. The number of rotatable bonds is 3. The number of carbonyl (C=O) groups is 1. The number of thiophene rings is 1. The molecule has 19 heavy (non-hydrogen) atoms. The maximum Gasteiger partial charge on any atom is 0.229 e. The van der Waals surface area contributed by atoms with Crippen LogP contribution in [-0.2, 0) is 16.1 Å². The molecule has 0 bridgehead atoms. The number of ether oxygens (including phenoxy) is 1. The van der Waals surface area contributed by atoms with E-state index in [0.717, 1.165) is 26.1 Å². The Hall–Kier alpha value is -0.910. The SMILES string of the molecule is CN(C)C(=O)[C@H]1CN(Cc2ccsc2)[C@@H]2CCO[C@H]12. The third kappa shape index (κ3) is 2.42. The van der Waals surface area contributed by atoms with Gasteiger partial charge in [-0.3, -0.25) is 9.69 Å². The molecule has 1 amide bonds. The normalized spacial score (nSPS) is 30.5. The van der Waals surface area contributed by atoms with E-state index in [1.807, 2.05) is 14.1 Å². The molecular formula is C14H20N2O2S. The smallest absolute Gasteiger partial charge is 0.229 e. The summed E-state index contributed by atoms with van der Waals surface area (Å²) in [6.07, 6.45) is 1.14. The zero-order chi connectivity index (χ0) is 13.4. The molecule has 3 rings (SSSR count). The number of carbonyl (C=O) groups excluding carboxylic acids is 1. The van der Waals surface area contributed by atoms with Crippen LogP contribution in [0.15, 0.2) is 16.8 Å². The van der Waals surface area contributed by atoms with Gasteiger partial charge >= 0.3 is 0 Å². The van der Waals surface area contributed by atoms with E-state index >= 15 is 0 Å². The highest BCUT2D eigenvalue weighted by atomic mass is 32.1. The van der Waals surface area contributed by atoms with E-state index in [4.69, 9.17) is 4.74 Å². The zero-order valence-corrected chi connectivity index (χ0v) is 12.2. The first-order valence-electron chi connectivity index (χ1n) is 6.74. The molecule has 2 saturated heterocycles. The summed E-state index contributed by atoms with van der Waals surface area (Å²) in [5, 5.41) is 4.29. The highest BCUT2D eigenvalue weighted by Gasteiger charge is 2.48. The lowest BCUT2D eigenvalue weighted by Crippen LogP contribution is -2.37. The van der Waals surface area contributed by atoms with Gasteiger partial charge in [0.15, 0.2) is 0 Å². The summed E-state index contributed by atoms with van der Waals surface area (Å²) < 4.78 is 5.82. The van der Waals surface area contributed by atoms with Crippen LogP contribution in [0.3, 0.4) is 0 Å². The van der Waals surface area contributed by atoms with Gasteiger partial charge in [0.1, 0.15) is 0 Å². The predicted molar refractivity (Wildman–Crippen MR) is 75.1 cm³/mol. The van der Waals surface area contributed by atoms with E-state index < -0.39 is 0 Å². The van der Waals surface area contributed by atoms with Crippen LogP contribution in [0.4, 0.5) is 0 Å². The Balaban J connectivity index is 1.74. The minimum Gasteiger partial charge on any atom is -0.376 e. The average molecular weight is 280 g/mol. The van der Waals surface area contributed by atoms with Gasteiger partial charge in [-0.05, 0) is 28.8 Å². The fraction of sp³-hybridized carbons (Fsp3) is 0.643. The van der Waals surface area contributed by atoms with Gasteiger partial charge in [-0.2, -0.15) is 11.3 Å². The second kappa shape index (κ2) is 5.23. The van der Waals surface area contributed by atoms with Crippen LogP contribution >= 0.6 is 11.3 Å². The molecule has 2 fully saturated rings. The molecule has 0 unspecified atom stereocenters. The van der Waals surface area contributed by atoms with Crippen molar-refractivity contribution in [3.63, 3.8) is 0 Å². The Bertz CT molecular complexity index is 446. The summed E-state index contributed by atoms with van der Waals surface area (Å²) in [5.41, 5.74) is 1.34. The third-order valence-electron chi connectivity index (χ3n) is 4.12. The lowest BCUT2D eigenvalue weighted by Gasteiger charge is -2.21. The van der Waals surface area contributed by atoms with E-state index in [1.54, 1.807) is 16.2 Å². The van der Waals surface area contributed by atoms with E-state index in [-0.39, 0.29) is 17.9 Å². The van der Waals surface area contributed by atoms with Crippen molar-refractivity contribution < 1.29 is 9.53 Å². The molecule has 0 aliphatic carbocycles. The summed E-state index contributed by atoms with van der Waals surface area (Å²) in [7, 11) is 3.65. The molecule has 2 aliphatic rings. The minimum atomic E-state index is 0.00105. The van der Waals surface area contributed by atoms with E-state index in [2.05, 4.69) is 21.7 Å². The van der Waals surface area contributed by atoms with Crippen LogP contribution in [0.5, 0.6) is 0 Å². The summed E-state index contributed by atoms with van der Waals surface area (Å²) in [5.74, 6) is 0.200. The van der Waals surface area contributed by atoms with Crippen LogP contribution in [0.1, 0.15) is 12.0 Å². The van der Waals surface area contributed by atoms with Gasteiger partial charge in [-0.1, -0.05) is 0 Å². The molecule has 2 aliphatic heterocycles.